The summed E-state index contributed by atoms with van der Waals surface area (Å²) in [4.78, 5) is 8.85. The van der Waals surface area contributed by atoms with Crippen LogP contribution >= 0.6 is 0 Å². The predicted octanol–water partition coefficient (Wildman–Crippen LogP) is 2.52. The minimum atomic E-state index is 0.597. The van der Waals surface area contributed by atoms with Crippen LogP contribution in [-0.2, 0) is 0 Å². The maximum absolute atomic E-state index is 6.03. The zero-order valence-electron chi connectivity index (χ0n) is 10.8. The fraction of sp³-hybridized carbons (Fsp3) is 0.538. The van der Waals surface area contributed by atoms with Gasteiger partial charge in [0.15, 0.2) is 0 Å². The van der Waals surface area contributed by atoms with Crippen LogP contribution in [0.1, 0.15) is 36.5 Å². The smallest absolute Gasteiger partial charge is 0.146 e. The molecule has 2 N–H and O–H groups in total. The Kier molecular flexibility index (Phi) is 2.00. The van der Waals surface area contributed by atoms with E-state index in [4.69, 9.17) is 5.73 Å². The van der Waals surface area contributed by atoms with E-state index in [-0.39, 0.29) is 0 Å². The van der Waals surface area contributed by atoms with E-state index >= 15 is 0 Å². The van der Waals surface area contributed by atoms with Crippen LogP contribution < -0.4 is 5.73 Å². The molecule has 1 aliphatic carbocycles. The lowest BCUT2D eigenvalue weighted by atomic mass is 10.2. The largest absolute Gasteiger partial charge is 0.383 e. The fourth-order valence-corrected chi connectivity index (χ4v) is 2.70. The van der Waals surface area contributed by atoms with Crippen LogP contribution in [0.15, 0.2) is 0 Å². The van der Waals surface area contributed by atoms with Crippen molar-refractivity contribution >= 4 is 16.9 Å². The summed E-state index contributed by atoms with van der Waals surface area (Å²) in [5.41, 5.74) is 9.54. The van der Waals surface area contributed by atoms with Crippen LogP contribution in [-0.4, -0.2) is 14.5 Å². The van der Waals surface area contributed by atoms with Crippen molar-refractivity contribution in [3.63, 3.8) is 0 Å². The van der Waals surface area contributed by atoms with Gasteiger partial charge in [-0.05, 0) is 38.7 Å². The van der Waals surface area contributed by atoms with Gasteiger partial charge in [0.25, 0.3) is 0 Å². The lowest BCUT2D eigenvalue weighted by molar-refractivity contribution is 0.683. The molecule has 2 aromatic rings. The van der Waals surface area contributed by atoms with E-state index in [0.717, 1.165) is 22.8 Å². The predicted molar refractivity (Wildman–Crippen MR) is 69.0 cm³/mol. The highest BCUT2D eigenvalue weighted by Crippen LogP contribution is 2.46. The highest BCUT2D eigenvalue weighted by molar-refractivity contribution is 5.91. The van der Waals surface area contributed by atoms with Crippen LogP contribution in [0.2, 0.25) is 0 Å². The molecule has 2 unspecified atom stereocenters. The van der Waals surface area contributed by atoms with Crippen LogP contribution in [0, 0.1) is 26.7 Å². The Bertz CT molecular complexity index is 612. The third-order valence-corrected chi connectivity index (χ3v) is 3.94. The second-order valence-corrected chi connectivity index (χ2v) is 5.22. The minimum absolute atomic E-state index is 0.597. The van der Waals surface area contributed by atoms with Gasteiger partial charge in [-0.25, -0.2) is 9.97 Å². The summed E-state index contributed by atoms with van der Waals surface area (Å²) in [6, 6.07) is 0.597. The molecule has 3 rings (SSSR count). The van der Waals surface area contributed by atoms with Gasteiger partial charge in [0, 0.05) is 11.7 Å². The maximum Gasteiger partial charge on any atom is 0.146 e. The normalized spacial score (nSPS) is 23.3. The van der Waals surface area contributed by atoms with Crippen molar-refractivity contribution in [3.8, 4) is 0 Å². The quantitative estimate of drug-likeness (QED) is 0.819. The molecule has 0 aliphatic heterocycles. The van der Waals surface area contributed by atoms with Crippen molar-refractivity contribution in [3.05, 3.63) is 17.1 Å². The summed E-state index contributed by atoms with van der Waals surface area (Å²) in [6.07, 6.45) is 1.24. The van der Waals surface area contributed by atoms with Crippen molar-refractivity contribution in [2.45, 2.75) is 40.2 Å². The molecule has 4 heteroatoms. The Balaban J connectivity index is 2.38. The van der Waals surface area contributed by atoms with Crippen molar-refractivity contribution in [2.75, 3.05) is 5.73 Å². The van der Waals surface area contributed by atoms with Crippen molar-refractivity contribution in [1.29, 1.82) is 0 Å². The van der Waals surface area contributed by atoms with Crippen LogP contribution in [0.3, 0.4) is 0 Å². The second-order valence-electron chi connectivity index (χ2n) is 5.22. The number of aryl methyl sites for hydroxylation is 2. The lowest BCUT2D eigenvalue weighted by Gasteiger charge is -2.06. The van der Waals surface area contributed by atoms with Crippen LogP contribution in [0.5, 0.6) is 0 Å². The van der Waals surface area contributed by atoms with E-state index in [0.29, 0.717) is 11.9 Å². The molecule has 1 saturated carbocycles. The molecule has 2 heterocycles. The third-order valence-electron chi connectivity index (χ3n) is 3.94. The van der Waals surface area contributed by atoms with E-state index in [1.165, 1.54) is 17.7 Å². The summed E-state index contributed by atoms with van der Waals surface area (Å²) in [7, 11) is 0. The topological polar surface area (TPSA) is 56.7 Å². The van der Waals surface area contributed by atoms with Gasteiger partial charge in [-0.1, -0.05) is 6.92 Å². The first-order valence-electron chi connectivity index (χ1n) is 6.12. The van der Waals surface area contributed by atoms with Gasteiger partial charge in [0.05, 0.1) is 5.39 Å². The van der Waals surface area contributed by atoms with Gasteiger partial charge in [0.2, 0.25) is 0 Å². The van der Waals surface area contributed by atoms with E-state index in [2.05, 4.69) is 35.3 Å². The Labute approximate surface area is 101 Å². The number of nitrogens with two attached hydrogens (primary N) is 1. The summed E-state index contributed by atoms with van der Waals surface area (Å²) in [5, 5.41) is 1.03. The molecule has 1 fully saturated rings. The number of rotatable bonds is 1. The minimum Gasteiger partial charge on any atom is -0.383 e. The third kappa shape index (κ3) is 1.36. The molecule has 4 nitrogen and oxygen atoms in total. The highest BCUT2D eigenvalue weighted by Gasteiger charge is 2.37. The lowest BCUT2D eigenvalue weighted by Crippen LogP contribution is -2.02. The van der Waals surface area contributed by atoms with E-state index < -0.39 is 0 Å². The second kappa shape index (κ2) is 3.22. The first kappa shape index (κ1) is 10.6. The first-order valence-corrected chi connectivity index (χ1v) is 6.12. The van der Waals surface area contributed by atoms with E-state index in [9.17, 15) is 0 Å². The van der Waals surface area contributed by atoms with Gasteiger partial charge < -0.3 is 10.3 Å². The molecule has 2 aromatic heterocycles. The van der Waals surface area contributed by atoms with Gasteiger partial charge >= 0.3 is 0 Å². The van der Waals surface area contributed by atoms with E-state index in [1.54, 1.807) is 0 Å². The number of nitrogen functional groups attached to an aromatic ring is 1. The number of fused-ring (bicyclic) bond motifs is 1. The average molecular weight is 230 g/mol. The van der Waals surface area contributed by atoms with Gasteiger partial charge in [0.1, 0.15) is 17.3 Å². The number of aromatic nitrogens is 3. The maximum atomic E-state index is 6.03. The summed E-state index contributed by atoms with van der Waals surface area (Å²) in [6.45, 7) is 8.43. The molecule has 2 atom stereocenters. The zero-order chi connectivity index (χ0) is 12.3. The van der Waals surface area contributed by atoms with Gasteiger partial charge in [-0.15, -0.1) is 0 Å². The molecule has 17 heavy (non-hydrogen) atoms. The molecule has 1 aliphatic rings. The summed E-state index contributed by atoms with van der Waals surface area (Å²) in [5.74, 6) is 2.11. The molecule has 0 bridgehead atoms. The van der Waals surface area contributed by atoms with Gasteiger partial charge in [-0.2, -0.15) is 0 Å². The standard InChI is InChI=1S/C13H18N4/c1-6-5-10(6)17-8(3)7(2)11-12(14)15-9(4)16-13(11)17/h6,10H,5H2,1-4H3,(H2,14,15,16). The van der Waals surface area contributed by atoms with E-state index in [1.807, 2.05) is 6.92 Å². The molecule has 0 spiro atoms. The molecular weight excluding hydrogens is 212 g/mol. The fourth-order valence-electron chi connectivity index (χ4n) is 2.70. The number of nitrogens with zero attached hydrogens (tertiary/aromatic N) is 3. The highest BCUT2D eigenvalue weighted by atomic mass is 15.1. The molecule has 0 radical (unpaired) electrons. The Morgan fingerprint density at radius 1 is 1.24 bits per heavy atom. The van der Waals surface area contributed by atoms with Crippen LogP contribution in [0.25, 0.3) is 11.0 Å². The molecule has 0 amide bonds. The Morgan fingerprint density at radius 3 is 2.47 bits per heavy atom. The average Bonchev–Trinajstić information content (AvgIpc) is 2.87. The van der Waals surface area contributed by atoms with Crippen molar-refractivity contribution < 1.29 is 0 Å². The number of anilines is 1. The summed E-state index contributed by atoms with van der Waals surface area (Å²) >= 11 is 0. The number of hydrogen-bond donors (Lipinski definition) is 1. The van der Waals surface area contributed by atoms with Gasteiger partial charge in [-0.3, -0.25) is 0 Å². The Morgan fingerprint density at radius 2 is 1.88 bits per heavy atom. The molecule has 0 saturated heterocycles. The van der Waals surface area contributed by atoms with Crippen molar-refractivity contribution in [2.24, 2.45) is 5.92 Å². The monoisotopic (exact) mass is 230 g/mol. The molecule has 0 aromatic carbocycles. The van der Waals surface area contributed by atoms with Crippen molar-refractivity contribution in [1.82, 2.24) is 14.5 Å². The SMILES string of the molecule is Cc1nc(N)c2c(C)c(C)n(C3CC3C)c2n1. The molecule has 90 valence electrons. The number of hydrogen-bond acceptors (Lipinski definition) is 3. The summed E-state index contributed by atoms with van der Waals surface area (Å²) < 4.78 is 2.35. The molecular formula is C13H18N4. The van der Waals surface area contributed by atoms with Crippen LogP contribution in [0.4, 0.5) is 5.82 Å². The Hall–Kier alpha value is -1.58. The first-order chi connectivity index (χ1) is 8.00. The zero-order valence-corrected chi connectivity index (χ0v) is 10.8.